The zero-order chi connectivity index (χ0) is 41.0. The van der Waals surface area contributed by atoms with E-state index in [1.165, 1.54) is 21.3 Å². The third-order valence-electron chi connectivity index (χ3n) is 9.87. The summed E-state index contributed by atoms with van der Waals surface area (Å²) in [4.78, 5) is 9.19. The zero-order valence-electron chi connectivity index (χ0n) is 34.3. The van der Waals surface area contributed by atoms with Gasteiger partial charge in [0.25, 0.3) is 0 Å². The summed E-state index contributed by atoms with van der Waals surface area (Å²) < 4.78 is 45.8. The van der Waals surface area contributed by atoms with Crippen molar-refractivity contribution in [3.8, 4) is 0 Å². The van der Waals surface area contributed by atoms with Gasteiger partial charge in [-0.2, -0.15) is 0 Å². The number of nitrogens with zero attached hydrogens (tertiary/aromatic N) is 2. The van der Waals surface area contributed by atoms with Crippen molar-refractivity contribution in [3.63, 3.8) is 0 Å². The standard InChI is InChI=1S/C38H76N6O12/c1-49-24-29-30(25-53-22-27(45)20-41-16-10-5-8-14-39)55-37(51-3)32(34(29)47)43-18-12-7-13-19-44-33-35(48)36(50-2)31(56-38(33)52-4)26-54-23-28(46)21-42-17-11-6-9-15-40/h18-19,27-38,41-42,45-48H,5-17,20-26,39-40H2,1-4H3. The molecule has 0 aromatic heterocycles. The topological polar surface area (TPSA) is 256 Å². The van der Waals surface area contributed by atoms with E-state index in [9.17, 15) is 20.4 Å². The summed E-state index contributed by atoms with van der Waals surface area (Å²) in [7, 11) is 6.05. The first-order valence-electron chi connectivity index (χ1n) is 20.4. The number of aliphatic imine (C=N–C) groups is 2. The Morgan fingerprint density at radius 2 is 1.14 bits per heavy atom. The van der Waals surface area contributed by atoms with Gasteiger partial charge in [-0.1, -0.05) is 12.8 Å². The van der Waals surface area contributed by atoms with Gasteiger partial charge in [-0.3, -0.25) is 9.98 Å². The van der Waals surface area contributed by atoms with Gasteiger partial charge in [0.15, 0.2) is 12.6 Å². The fourth-order valence-electron chi connectivity index (χ4n) is 6.72. The Morgan fingerprint density at radius 3 is 1.62 bits per heavy atom. The van der Waals surface area contributed by atoms with Crippen molar-refractivity contribution in [1.82, 2.24) is 10.6 Å². The maximum Gasteiger partial charge on any atom is 0.182 e. The first-order valence-corrected chi connectivity index (χ1v) is 20.4. The van der Waals surface area contributed by atoms with Crippen molar-refractivity contribution in [2.75, 3.05) is 101 Å². The molecular weight excluding hydrogens is 732 g/mol. The fraction of sp³-hybridized carbons (Fsp3) is 0.947. The van der Waals surface area contributed by atoms with Crippen LogP contribution in [0.25, 0.3) is 0 Å². The Bertz CT molecular complexity index is 1010. The van der Waals surface area contributed by atoms with E-state index >= 15 is 0 Å². The van der Waals surface area contributed by atoms with E-state index in [4.69, 9.17) is 49.4 Å². The third-order valence-corrected chi connectivity index (χ3v) is 9.87. The van der Waals surface area contributed by atoms with Crippen molar-refractivity contribution in [1.29, 1.82) is 0 Å². The van der Waals surface area contributed by atoms with Crippen LogP contribution in [0.4, 0.5) is 0 Å². The zero-order valence-corrected chi connectivity index (χ0v) is 34.3. The highest BCUT2D eigenvalue weighted by molar-refractivity contribution is 5.61. The monoisotopic (exact) mass is 809 g/mol. The van der Waals surface area contributed by atoms with Gasteiger partial charge in [-0.15, -0.1) is 0 Å². The molecule has 0 aliphatic carbocycles. The molecule has 56 heavy (non-hydrogen) atoms. The molecular formula is C38H76N6O12. The summed E-state index contributed by atoms with van der Waals surface area (Å²) in [6.07, 6.45) is 4.69. The van der Waals surface area contributed by atoms with E-state index < -0.39 is 73.3 Å². The highest BCUT2D eigenvalue weighted by Crippen LogP contribution is 2.30. The smallest absolute Gasteiger partial charge is 0.182 e. The number of methoxy groups -OCH3 is 4. The minimum Gasteiger partial charge on any atom is -0.390 e. The quantitative estimate of drug-likeness (QED) is 0.0291. The SMILES string of the molecule is COCC1C(COCC(O)CNCCCCCN)OC(OC)C(N=CCCCC=NC2C(OC)OC(COCC(O)CNCCCCCN)C(OC)C2O)C1O. The number of aliphatic hydroxyl groups is 4. The summed E-state index contributed by atoms with van der Waals surface area (Å²) in [5, 5.41) is 49.5. The van der Waals surface area contributed by atoms with E-state index in [0.717, 1.165) is 51.6 Å². The van der Waals surface area contributed by atoms with E-state index in [1.54, 1.807) is 19.5 Å². The van der Waals surface area contributed by atoms with Crippen LogP contribution in [-0.2, 0) is 37.9 Å². The molecule has 18 nitrogen and oxygen atoms in total. The molecule has 0 amide bonds. The Labute approximate surface area is 334 Å². The molecule has 0 spiro atoms. The summed E-state index contributed by atoms with van der Waals surface area (Å²) >= 11 is 0. The molecule has 18 heteroatoms. The Kier molecular flexibility index (Phi) is 28.7. The maximum atomic E-state index is 11.3. The molecule has 2 rings (SSSR count). The van der Waals surface area contributed by atoms with E-state index in [-0.39, 0.29) is 33.0 Å². The number of hydrogen-bond acceptors (Lipinski definition) is 18. The van der Waals surface area contributed by atoms with Crippen LogP contribution in [0.15, 0.2) is 9.98 Å². The van der Waals surface area contributed by atoms with Gasteiger partial charge in [0.05, 0.1) is 57.5 Å². The molecule has 0 saturated carbocycles. The minimum absolute atomic E-state index is 0.100. The molecule has 12 atom stereocenters. The predicted molar refractivity (Wildman–Crippen MR) is 213 cm³/mol. The van der Waals surface area contributed by atoms with Crippen molar-refractivity contribution < 1.29 is 58.3 Å². The van der Waals surface area contributed by atoms with Crippen LogP contribution < -0.4 is 22.1 Å². The number of hydrogen-bond donors (Lipinski definition) is 8. The van der Waals surface area contributed by atoms with Crippen LogP contribution in [0.1, 0.15) is 57.8 Å². The summed E-state index contributed by atoms with van der Waals surface area (Å²) in [6.45, 7) is 4.52. The molecule has 2 saturated heterocycles. The lowest BCUT2D eigenvalue weighted by atomic mass is 9.88. The van der Waals surface area contributed by atoms with E-state index in [0.29, 0.717) is 45.4 Å². The number of unbranched alkanes of at least 4 members (excludes halogenated alkanes) is 6. The predicted octanol–water partition coefficient (Wildman–Crippen LogP) is -1.03. The summed E-state index contributed by atoms with van der Waals surface area (Å²) in [6, 6.07) is -1.39. The molecule has 0 radical (unpaired) electrons. The van der Waals surface area contributed by atoms with Crippen LogP contribution in [0, 0.1) is 5.92 Å². The molecule has 2 aliphatic rings. The molecule has 0 aromatic carbocycles. The first-order chi connectivity index (χ1) is 27.3. The van der Waals surface area contributed by atoms with Gasteiger partial charge in [0.2, 0.25) is 0 Å². The average Bonchev–Trinajstić information content (AvgIpc) is 3.19. The largest absolute Gasteiger partial charge is 0.390 e. The van der Waals surface area contributed by atoms with Gasteiger partial charge in [-0.05, 0) is 83.6 Å². The normalized spacial score (nSPS) is 29.8. The van der Waals surface area contributed by atoms with Gasteiger partial charge in [0, 0.05) is 47.4 Å². The second-order valence-corrected chi connectivity index (χ2v) is 14.4. The highest BCUT2D eigenvalue weighted by Gasteiger charge is 2.47. The average molecular weight is 809 g/mol. The number of ether oxygens (including phenoxy) is 8. The van der Waals surface area contributed by atoms with Crippen molar-refractivity contribution in [2.45, 2.75) is 125 Å². The number of aliphatic hydroxyl groups excluding tert-OH is 4. The van der Waals surface area contributed by atoms with Gasteiger partial charge in [0.1, 0.15) is 30.4 Å². The maximum absolute atomic E-state index is 11.3. The summed E-state index contributed by atoms with van der Waals surface area (Å²) in [5.74, 6) is -0.422. The molecule has 10 N–H and O–H groups in total. The Balaban J connectivity index is 1.79. The van der Waals surface area contributed by atoms with Crippen molar-refractivity contribution >= 4 is 12.4 Å². The Morgan fingerprint density at radius 1 is 0.643 bits per heavy atom. The molecule has 2 fully saturated rings. The van der Waals surface area contributed by atoms with Gasteiger partial charge in [-0.25, -0.2) is 0 Å². The number of rotatable bonds is 33. The molecule has 2 heterocycles. The van der Waals surface area contributed by atoms with Crippen LogP contribution >= 0.6 is 0 Å². The second-order valence-electron chi connectivity index (χ2n) is 14.4. The van der Waals surface area contributed by atoms with Crippen LogP contribution in [0.2, 0.25) is 0 Å². The minimum atomic E-state index is -1.01. The van der Waals surface area contributed by atoms with Crippen LogP contribution in [0.5, 0.6) is 0 Å². The van der Waals surface area contributed by atoms with Gasteiger partial charge >= 0.3 is 0 Å². The first kappa shape index (κ1) is 50.8. The van der Waals surface area contributed by atoms with Crippen LogP contribution in [-0.4, -0.2) is 201 Å². The summed E-state index contributed by atoms with van der Waals surface area (Å²) in [5.41, 5.74) is 11.0. The molecule has 0 bridgehead atoms. The highest BCUT2D eigenvalue weighted by atomic mass is 16.7. The second kappa shape index (κ2) is 31.6. The van der Waals surface area contributed by atoms with Crippen molar-refractivity contribution in [2.24, 2.45) is 27.4 Å². The molecule has 0 aromatic rings. The lowest BCUT2D eigenvalue weighted by molar-refractivity contribution is -0.265. The lowest BCUT2D eigenvalue weighted by Crippen LogP contribution is -2.59. The van der Waals surface area contributed by atoms with Crippen molar-refractivity contribution in [3.05, 3.63) is 0 Å². The lowest BCUT2D eigenvalue weighted by Gasteiger charge is -2.42. The number of nitrogens with one attached hydrogen (secondary N) is 2. The third kappa shape index (κ3) is 19.2. The number of nitrogens with two attached hydrogens (primary N) is 2. The Hall–Kier alpha value is -1.30. The van der Waals surface area contributed by atoms with Gasteiger partial charge < -0.3 is 80.4 Å². The van der Waals surface area contributed by atoms with E-state index in [1.807, 2.05) is 0 Å². The molecule has 2 aliphatic heterocycles. The van der Waals surface area contributed by atoms with E-state index in [2.05, 4.69) is 20.6 Å². The van der Waals surface area contributed by atoms with Crippen LogP contribution in [0.3, 0.4) is 0 Å². The molecule has 330 valence electrons. The molecule has 12 unspecified atom stereocenters. The fourth-order valence-corrected chi connectivity index (χ4v) is 6.72.